The van der Waals surface area contributed by atoms with Crippen LogP contribution in [0.15, 0.2) is 206 Å². The first-order valence-electron chi connectivity index (χ1n) is 41.5. The van der Waals surface area contributed by atoms with Crippen molar-refractivity contribution in [1.82, 2.24) is 63.5 Å². The fraction of sp³-hybridized carbons (Fsp3) is 0.295. The second-order valence-electron chi connectivity index (χ2n) is 32.3. The van der Waals surface area contributed by atoms with Gasteiger partial charge in [-0.25, -0.2) is 13.8 Å². The number of nitrogens with zero attached hydrogens (tertiary/aromatic N) is 13. The normalized spacial score (nSPS) is 16.5. The van der Waals surface area contributed by atoms with Crippen molar-refractivity contribution in [1.29, 1.82) is 0 Å². The fourth-order valence-electron chi connectivity index (χ4n) is 18.8. The van der Waals surface area contributed by atoms with E-state index in [1.807, 2.05) is 154 Å². The van der Waals surface area contributed by atoms with E-state index in [1.165, 1.54) is 30.6 Å². The number of likely N-dealkylation sites (tertiary alicyclic amines) is 4. The summed E-state index contributed by atoms with van der Waals surface area (Å²) in [7, 11) is 8.55. The summed E-state index contributed by atoms with van der Waals surface area (Å²) in [5.74, 6) is 0.925. The van der Waals surface area contributed by atoms with Crippen molar-refractivity contribution in [2.24, 2.45) is 21.1 Å². The van der Waals surface area contributed by atoms with Gasteiger partial charge in [-0.05, 0) is 122 Å². The Balaban J connectivity index is 0.000000114. The summed E-state index contributed by atoms with van der Waals surface area (Å²) in [4.78, 5) is 67.8. The van der Waals surface area contributed by atoms with Gasteiger partial charge in [-0.3, -0.25) is 38.2 Å². The van der Waals surface area contributed by atoms with E-state index in [4.69, 9.17) is 51.6 Å². The maximum absolute atomic E-state index is 13.5. The van der Waals surface area contributed by atoms with E-state index >= 15 is 0 Å². The van der Waals surface area contributed by atoms with Crippen molar-refractivity contribution in [2.75, 3.05) is 66.6 Å². The lowest BCUT2D eigenvalue weighted by atomic mass is 9.81. The van der Waals surface area contributed by atoms with Crippen LogP contribution >= 0.6 is 34.5 Å². The standard InChI is InChI=1S/C26H24ClF3N2O3.C24H21N5O2S.C23H22ClN3O3.C22H19F2N3O2/c1-3-18-6-9-23-25(35-22-15-17(27)5-7-20(22)32(18)23)10-12-31(13-11-25)24(33)16-4-8-21(34-2)19(14-16)26(28,29)30;1-28-21-17-4-2-3-5-20(17)31-24(18(21)14-26-28)8-12-29(13-9-24)23(30)19-15-32-22(27-19)16-6-10-25-11-7-16;1-26-21-15-6-3-4-8-18(15)30-23(16(21)14-25-26)10-12-27(13-11-23)22(28)20-17(24)7-5-9-19(20)29-2;1-26-20-17-4-2-3-5-19(17)29-22(18(20)13-25-26)6-8-27(9-7-22)21(28)14-10-15(23)12-16(24)11-14/h4-9,14-15H,3,10-13H2,1-2H3;2-7,10-11,14-15H,8-9,12-13H2,1H3;3-9,14H,10-13H2,1-2H3;2-5,10-13H,6-9H2,1H3. The number of hydrogen-bond acceptors (Lipinski definition) is 16. The van der Waals surface area contributed by atoms with Crippen LogP contribution in [0.25, 0.3) is 50.0 Å². The molecule has 7 aromatic carbocycles. The molecule has 126 heavy (non-hydrogen) atoms. The zero-order chi connectivity index (χ0) is 87.7. The average Bonchev–Trinajstić information content (AvgIpc) is 1.53. The average molecular weight is 1770 g/mol. The van der Waals surface area contributed by atoms with Crippen LogP contribution in [0.4, 0.5) is 22.0 Å². The Kier molecular flexibility index (Phi) is 22.4. The minimum absolute atomic E-state index is 0.0209. The molecule has 0 N–H and O–H groups in total. The van der Waals surface area contributed by atoms with Gasteiger partial charge in [0, 0.05) is 216 Å². The molecule has 0 atom stereocenters. The number of para-hydroxylation sites is 3. The summed E-state index contributed by atoms with van der Waals surface area (Å²) in [5, 5.41) is 17.1. The van der Waals surface area contributed by atoms with Crippen LogP contribution in [-0.2, 0) is 56.1 Å². The largest absolute Gasteiger partial charge is 0.496 e. The van der Waals surface area contributed by atoms with E-state index in [9.17, 15) is 41.1 Å². The molecule has 4 amide bonds. The Morgan fingerprint density at radius 3 is 1.43 bits per heavy atom. The van der Waals surface area contributed by atoms with E-state index in [0.717, 1.165) is 126 Å². The molecule has 0 aliphatic carbocycles. The monoisotopic (exact) mass is 1770 g/mol. The molecular weight excluding hydrogens is 1680 g/mol. The number of alkyl halides is 3. The van der Waals surface area contributed by atoms with Gasteiger partial charge in [0.25, 0.3) is 23.6 Å². The lowest BCUT2D eigenvalue weighted by molar-refractivity contribution is -0.138. The molecule has 4 saturated heterocycles. The van der Waals surface area contributed by atoms with Crippen LogP contribution in [0.2, 0.25) is 10.0 Å². The molecule has 23 nitrogen and oxygen atoms in total. The Morgan fingerprint density at radius 1 is 0.484 bits per heavy atom. The number of hydrogen-bond donors (Lipinski definition) is 0. The molecule has 0 unspecified atom stereocenters. The van der Waals surface area contributed by atoms with E-state index in [2.05, 4.69) is 61.0 Å². The van der Waals surface area contributed by atoms with Crippen LogP contribution in [0.3, 0.4) is 0 Å². The first-order valence-corrected chi connectivity index (χ1v) is 43.2. The smallest absolute Gasteiger partial charge is 0.419 e. The van der Waals surface area contributed by atoms with E-state index in [-0.39, 0.29) is 34.6 Å². The number of halogens is 7. The highest BCUT2D eigenvalue weighted by atomic mass is 35.5. The first kappa shape index (κ1) is 84.0. The Hall–Kier alpha value is -12.9. The number of ether oxygens (including phenoxy) is 6. The van der Waals surface area contributed by atoms with Gasteiger partial charge in [0.1, 0.15) is 79.2 Å². The molecule has 0 saturated carbocycles. The zero-order valence-corrected chi connectivity index (χ0v) is 71.9. The highest BCUT2D eigenvalue weighted by Gasteiger charge is 2.51. The number of carbonyl (C=O) groups excluding carboxylic acids is 4. The van der Waals surface area contributed by atoms with Crippen molar-refractivity contribution < 1.29 is 69.6 Å². The summed E-state index contributed by atoms with van der Waals surface area (Å²) < 4.78 is 112. The SMILES string of the molecule is CCc1ccc2n1-c1ccc(Cl)cc1OC21CCN(C(=O)c2ccc(OC)c(C(F)(F)F)c2)CC1.COc1cccc(Cl)c1C(=O)N1CCC2(CC1)Oc1ccccc1-c1c2cnn1C.Cn1ncc2c1-c1ccccc1OC21CCN(C(=O)c2cc(F)cc(F)c2)CC1.Cn1ncc2c1-c1ccccc1OC21CCN(C(=O)c2csc(-c3ccncc3)n2)CC1. The third kappa shape index (κ3) is 15.3. The minimum atomic E-state index is -4.62. The third-order valence-electron chi connectivity index (χ3n) is 25.2. The maximum Gasteiger partial charge on any atom is 0.419 e. The summed E-state index contributed by atoms with van der Waals surface area (Å²) in [6.07, 6.45) is 10.3. The van der Waals surface area contributed by atoms with Gasteiger partial charge in [0.2, 0.25) is 0 Å². The number of amides is 4. The van der Waals surface area contributed by atoms with Crippen LogP contribution in [0.1, 0.15) is 133 Å². The lowest BCUT2D eigenvalue weighted by Crippen LogP contribution is -2.50. The number of aryl methyl sites for hydroxylation is 4. The Labute approximate surface area is 736 Å². The molecule has 8 aliphatic rings. The van der Waals surface area contributed by atoms with Crippen molar-refractivity contribution in [3.63, 3.8) is 0 Å². The number of rotatable bonds is 8. The molecule has 4 spiro atoms. The number of carbonyl (C=O) groups is 4. The van der Waals surface area contributed by atoms with Crippen LogP contribution in [-0.4, -0.2) is 154 Å². The molecular formula is C95H86Cl2F5N13O10S. The van der Waals surface area contributed by atoms with Gasteiger partial charge in [-0.1, -0.05) is 72.6 Å². The molecule has 8 aliphatic heterocycles. The molecule has 0 bridgehead atoms. The van der Waals surface area contributed by atoms with Gasteiger partial charge in [0.15, 0.2) is 5.60 Å². The lowest BCUT2D eigenvalue weighted by Gasteiger charge is -2.45. The first-order chi connectivity index (χ1) is 60.8. The number of fused-ring (bicyclic) bond motifs is 16. The quantitative estimate of drug-likeness (QED) is 0.129. The molecule has 31 heteroatoms. The predicted octanol–water partition coefficient (Wildman–Crippen LogP) is 18.5. The van der Waals surface area contributed by atoms with Crippen LogP contribution < -0.4 is 28.4 Å². The van der Waals surface area contributed by atoms with Gasteiger partial charge in [-0.2, -0.15) is 28.5 Å². The summed E-state index contributed by atoms with van der Waals surface area (Å²) >= 11 is 14.1. The second kappa shape index (κ2) is 33.6. The van der Waals surface area contributed by atoms with Gasteiger partial charge in [0.05, 0.1) is 71.9 Å². The number of piperidine rings is 4. The summed E-state index contributed by atoms with van der Waals surface area (Å²) in [5.41, 5.74) is 11.4. The van der Waals surface area contributed by atoms with E-state index < -0.39 is 51.7 Å². The van der Waals surface area contributed by atoms with E-state index in [0.29, 0.717) is 137 Å². The number of aromatic nitrogens is 9. The van der Waals surface area contributed by atoms with Crippen LogP contribution in [0, 0.1) is 11.6 Å². The molecule has 21 rings (SSSR count). The maximum atomic E-state index is 13.5. The summed E-state index contributed by atoms with van der Waals surface area (Å²) in [6.45, 7) is 5.96. The van der Waals surface area contributed by atoms with Crippen molar-refractivity contribution >= 4 is 58.2 Å². The number of benzene rings is 7. The second-order valence-corrected chi connectivity index (χ2v) is 34.0. The van der Waals surface area contributed by atoms with Gasteiger partial charge >= 0.3 is 6.18 Å². The van der Waals surface area contributed by atoms with E-state index in [1.54, 1.807) is 53.6 Å². The molecule has 646 valence electrons. The third-order valence-corrected chi connectivity index (χ3v) is 26.7. The molecule has 14 heterocycles. The highest BCUT2D eigenvalue weighted by Crippen LogP contribution is 2.55. The number of thiazole rings is 1. The van der Waals surface area contributed by atoms with Gasteiger partial charge < -0.3 is 52.6 Å². The van der Waals surface area contributed by atoms with Crippen LogP contribution in [0.5, 0.6) is 34.5 Å². The predicted molar refractivity (Wildman–Crippen MR) is 464 cm³/mol. The number of methoxy groups -OCH3 is 2. The molecule has 0 radical (unpaired) electrons. The summed E-state index contributed by atoms with van der Waals surface area (Å²) in [6, 6.07) is 49.1. The molecule has 13 aromatic rings. The van der Waals surface area contributed by atoms with Crippen molar-refractivity contribution in [2.45, 2.75) is 93.3 Å². The number of pyridine rings is 1. The molecule has 4 fully saturated rings. The Bertz CT molecular complexity index is 6350. The zero-order valence-electron chi connectivity index (χ0n) is 69.6. The highest BCUT2D eigenvalue weighted by molar-refractivity contribution is 7.13. The minimum Gasteiger partial charge on any atom is -0.496 e. The Morgan fingerprint density at radius 2 is 0.944 bits per heavy atom. The molecule has 6 aromatic heterocycles. The fourth-order valence-corrected chi connectivity index (χ4v) is 20.0. The topological polar surface area (TPSA) is 221 Å². The van der Waals surface area contributed by atoms with Crippen molar-refractivity contribution in [3.05, 3.63) is 284 Å². The van der Waals surface area contributed by atoms with Gasteiger partial charge in [-0.15, -0.1) is 11.3 Å². The van der Waals surface area contributed by atoms with Crippen molar-refractivity contribution in [3.8, 4) is 84.5 Å².